The summed E-state index contributed by atoms with van der Waals surface area (Å²) in [5.74, 6) is -1.62. The van der Waals surface area contributed by atoms with Crippen molar-refractivity contribution in [2.75, 3.05) is 6.61 Å². The first-order chi connectivity index (χ1) is 11.4. The first-order valence-electron chi connectivity index (χ1n) is 8.62. The molecule has 0 aromatic carbocycles. The predicted octanol–water partition coefficient (Wildman–Crippen LogP) is 1.21. The Bertz CT molecular complexity index is 572. The summed E-state index contributed by atoms with van der Waals surface area (Å²) in [6, 6.07) is -1.94. The van der Waals surface area contributed by atoms with Crippen LogP contribution in [0.3, 0.4) is 0 Å². The maximum atomic E-state index is 12.8. The van der Waals surface area contributed by atoms with E-state index < -0.39 is 41.9 Å². The van der Waals surface area contributed by atoms with Crippen LogP contribution in [0.2, 0.25) is 0 Å². The fourth-order valence-corrected chi connectivity index (χ4v) is 4.11. The molecule has 2 amide bonds. The number of carbonyl (C=O) groups excluding carboxylic acids is 2. The van der Waals surface area contributed by atoms with Crippen LogP contribution in [0.4, 0.5) is 4.79 Å². The molecule has 0 aliphatic carbocycles. The Kier molecular flexibility index (Phi) is 5.05. The van der Waals surface area contributed by atoms with E-state index in [0.29, 0.717) is 12.8 Å². The van der Waals surface area contributed by atoms with Gasteiger partial charge in [0, 0.05) is 6.04 Å². The first-order valence-corrected chi connectivity index (χ1v) is 8.62. The van der Waals surface area contributed by atoms with Gasteiger partial charge >= 0.3 is 12.1 Å². The number of hydrogen-bond donors (Lipinski definition) is 2. The van der Waals surface area contributed by atoms with E-state index in [-0.39, 0.29) is 18.4 Å². The number of aliphatic hydroxyl groups is 1. The molecule has 8 nitrogen and oxygen atoms in total. The molecule has 2 N–H and O–H groups in total. The number of nitrogens with zero attached hydrogens (tertiary/aromatic N) is 2. The van der Waals surface area contributed by atoms with Crippen LogP contribution in [0, 0.1) is 0 Å². The summed E-state index contributed by atoms with van der Waals surface area (Å²) in [6.45, 7) is 8.31. The van der Waals surface area contributed by atoms with Crippen molar-refractivity contribution >= 4 is 18.0 Å². The summed E-state index contributed by atoms with van der Waals surface area (Å²) in [4.78, 5) is 39.6. The third kappa shape index (κ3) is 3.31. The smallest absolute Gasteiger partial charge is 0.411 e. The van der Waals surface area contributed by atoms with E-state index in [9.17, 15) is 24.6 Å². The number of carbonyl (C=O) groups is 3. The van der Waals surface area contributed by atoms with Gasteiger partial charge in [-0.05, 0) is 47.5 Å². The highest BCUT2D eigenvalue weighted by Gasteiger charge is 2.60. The zero-order valence-electron chi connectivity index (χ0n) is 15.5. The molecule has 2 rings (SSSR count). The zero-order chi connectivity index (χ0) is 19.2. The fraction of sp³-hybridized carbons (Fsp3) is 0.824. The molecule has 4 atom stereocenters. The molecule has 0 aromatic heterocycles. The molecular formula is C17H28N2O6. The highest BCUT2D eigenvalue weighted by atomic mass is 16.6. The molecule has 4 unspecified atom stereocenters. The SMILES string of the molecule is CC1CCC2(CC(=O)N(C(CO)C(=O)O)C2C)N1C(=O)OC(C)(C)C. The first kappa shape index (κ1) is 19.5. The maximum Gasteiger partial charge on any atom is 0.411 e. The van der Waals surface area contributed by atoms with Gasteiger partial charge in [0.25, 0.3) is 0 Å². The highest BCUT2D eigenvalue weighted by Crippen LogP contribution is 2.46. The van der Waals surface area contributed by atoms with Crippen molar-refractivity contribution in [1.29, 1.82) is 0 Å². The molecule has 0 saturated carbocycles. The standard InChI is InChI=1S/C17H28N2O6/c1-10-6-7-17(19(10)15(24)25-16(3,4)5)8-13(21)18(11(17)2)12(9-20)14(22)23/h10-12,20H,6-9H2,1-5H3,(H,22,23). The molecule has 0 bridgehead atoms. The summed E-state index contributed by atoms with van der Waals surface area (Å²) in [7, 11) is 0. The number of rotatable bonds is 3. The third-order valence-corrected chi connectivity index (χ3v) is 5.24. The van der Waals surface area contributed by atoms with Crippen LogP contribution < -0.4 is 0 Å². The normalized spacial score (nSPS) is 30.9. The minimum Gasteiger partial charge on any atom is -0.480 e. The van der Waals surface area contributed by atoms with E-state index in [1.807, 2.05) is 6.92 Å². The summed E-state index contributed by atoms with van der Waals surface area (Å²) in [5.41, 5.74) is -1.47. The maximum absolute atomic E-state index is 12.8. The Morgan fingerprint density at radius 1 is 1.36 bits per heavy atom. The molecule has 25 heavy (non-hydrogen) atoms. The van der Waals surface area contributed by atoms with E-state index in [2.05, 4.69) is 0 Å². The summed E-state index contributed by atoms with van der Waals surface area (Å²) in [6.07, 6.45) is 0.854. The number of aliphatic hydroxyl groups excluding tert-OH is 1. The lowest BCUT2D eigenvalue weighted by Crippen LogP contribution is -2.59. The fourth-order valence-electron chi connectivity index (χ4n) is 4.11. The number of amides is 2. The Morgan fingerprint density at radius 3 is 2.44 bits per heavy atom. The van der Waals surface area contributed by atoms with Crippen LogP contribution in [-0.2, 0) is 14.3 Å². The zero-order valence-corrected chi connectivity index (χ0v) is 15.5. The molecule has 142 valence electrons. The minimum atomic E-state index is -1.31. The van der Waals surface area contributed by atoms with Crippen LogP contribution in [-0.4, -0.2) is 73.9 Å². The predicted molar refractivity (Wildman–Crippen MR) is 88.9 cm³/mol. The van der Waals surface area contributed by atoms with Crippen molar-refractivity contribution in [2.45, 2.75) is 83.1 Å². The van der Waals surface area contributed by atoms with Gasteiger partial charge in [-0.3, -0.25) is 9.69 Å². The van der Waals surface area contributed by atoms with E-state index in [1.165, 1.54) is 4.90 Å². The molecular weight excluding hydrogens is 328 g/mol. The molecule has 2 fully saturated rings. The van der Waals surface area contributed by atoms with E-state index in [0.717, 1.165) is 0 Å². The van der Waals surface area contributed by atoms with Gasteiger partial charge in [-0.25, -0.2) is 9.59 Å². The van der Waals surface area contributed by atoms with E-state index in [1.54, 1.807) is 32.6 Å². The van der Waals surface area contributed by atoms with Crippen molar-refractivity contribution in [3.05, 3.63) is 0 Å². The van der Waals surface area contributed by atoms with Crippen LogP contribution in [0.25, 0.3) is 0 Å². The number of hydrogen-bond acceptors (Lipinski definition) is 5. The number of carboxylic acids is 1. The number of aliphatic carboxylic acids is 1. The highest BCUT2D eigenvalue weighted by molar-refractivity contribution is 5.88. The van der Waals surface area contributed by atoms with Crippen molar-refractivity contribution in [2.24, 2.45) is 0 Å². The van der Waals surface area contributed by atoms with Crippen molar-refractivity contribution in [3.63, 3.8) is 0 Å². The average Bonchev–Trinajstić information content (AvgIpc) is 2.90. The molecule has 2 aliphatic rings. The number of ether oxygens (including phenoxy) is 1. The second-order valence-electron chi connectivity index (χ2n) is 8.03. The molecule has 2 saturated heterocycles. The van der Waals surface area contributed by atoms with E-state index >= 15 is 0 Å². The molecule has 2 heterocycles. The monoisotopic (exact) mass is 356 g/mol. The van der Waals surface area contributed by atoms with Gasteiger partial charge < -0.3 is 19.8 Å². The topological polar surface area (TPSA) is 107 Å². The summed E-state index contributed by atoms with van der Waals surface area (Å²) < 4.78 is 5.52. The second kappa shape index (κ2) is 6.48. The van der Waals surface area contributed by atoms with Gasteiger partial charge in [0.1, 0.15) is 5.60 Å². The summed E-state index contributed by atoms with van der Waals surface area (Å²) >= 11 is 0. The van der Waals surface area contributed by atoms with E-state index in [4.69, 9.17) is 4.74 Å². The molecule has 0 aromatic rings. The lowest BCUT2D eigenvalue weighted by molar-refractivity contribution is -0.151. The van der Waals surface area contributed by atoms with Gasteiger partial charge in [0.05, 0.1) is 24.6 Å². The Morgan fingerprint density at radius 2 is 1.96 bits per heavy atom. The molecule has 8 heteroatoms. The Balaban J connectivity index is 2.37. The van der Waals surface area contributed by atoms with Crippen LogP contribution >= 0.6 is 0 Å². The van der Waals surface area contributed by atoms with Crippen molar-refractivity contribution in [1.82, 2.24) is 9.80 Å². The Hall–Kier alpha value is -1.83. The molecule has 0 radical (unpaired) electrons. The van der Waals surface area contributed by atoms with Gasteiger partial charge in [0.15, 0.2) is 6.04 Å². The lowest BCUT2D eigenvalue weighted by Gasteiger charge is -2.42. The van der Waals surface area contributed by atoms with Crippen molar-refractivity contribution < 1.29 is 29.3 Å². The third-order valence-electron chi connectivity index (χ3n) is 5.24. The second-order valence-corrected chi connectivity index (χ2v) is 8.03. The van der Waals surface area contributed by atoms with Crippen molar-refractivity contribution in [3.8, 4) is 0 Å². The largest absolute Gasteiger partial charge is 0.480 e. The number of carboxylic acid groups (broad SMARTS) is 1. The van der Waals surface area contributed by atoms with Gasteiger partial charge in [-0.15, -0.1) is 0 Å². The number of likely N-dealkylation sites (tertiary alicyclic amines) is 2. The molecule has 2 aliphatic heterocycles. The minimum absolute atomic E-state index is 0.0432. The quantitative estimate of drug-likeness (QED) is 0.787. The van der Waals surface area contributed by atoms with Crippen LogP contribution in [0.15, 0.2) is 0 Å². The lowest BCUT2D eigenvalue weighted by atomic mass is 9.88. The van der Waals surface area contributed by atoms with Gasteiger partial charge in [-0.1, -0.05) is 0 Å². The Labute approximate surface area is 147 Å². The van der Waals surface area contributed by atoms with Crippen LogP contribution in [0.1, 0.15) is 53.9 Å². The van der Waals surface area contributed by atoms with Gasteiger partial charge in [-0.2, -0.15) is 0 Å². The van der Waals surface area contributed by atoms with Crippen LogP contribution in [0.5, 0.6) is 0 Å². The molecule has 1 spiro atoms. The summed E-state index contributed by atoms with van der Waals surface area (Å²) in [5, 5.41) is 18.7. The average molecular weight is 356 g/mol. The van der Waals surface area contributed by atoms with Gasteiger partial charge in [0.2, 0.25) is 5.91 Å².